The van der Waals surface area contributed by atoms with Crippen LogP contribution in [-0.4, -0.2) is 53.8 Å². The van der Waals surface area contributed by atoms with Gasteiger partial charge in [0.05, 0.1) is 24.4 Å². The van der Waals surface area contributed by atoms with Gasteiger partial charge in [0.15, 0.2) is 5.82 Å². The zero-order valence-corrected chi connectivity index (χ0v) is 18.6. The molecule has 168 valence electrons. The summed E-state index contributed by atoms with van der Waals surface area (Å²) in [5.74, 6) is 1.18. The van der Waals surface area contributed by atoms with Crippen molar-refractivity contribution < 1.29 is 14.3 Å². The number of halogens is 1. The van der Waals surface area contributed by atoms with Gasteiger partial charge in [0, 0.05) is 55.4 Å². The lowest BCUT2D eigenvalue weighted by molar-refractivity contribution is -0.112. The van der Waals surface area contributed by atoms with Crippen LogP contribution in [0.1, 0.15) is 37.4 Å². The van der Waals surface area contributed by atoms with E-state index in [4.69, 9.17) is 26.2 Å². The van der Waals surface area contributed by atoms with Crippen LogP contribution in [0.4, 0.5) is 5.69 Å². The van der Waals surface area contributed by atoms with Crippen molar-refractivity contribution in [1.29, 1.82) is 0 Å². The first kappa shape index (κ1) is 21.0. The van der Waals surface area contributed by atoms with Crippen LogP contribution >= 0.6 is 11.6 Å². The van der Waals surface area contributed by atoms with Gasteiger partial charge in [-0.05, 0) is 31.4 Å². The standard InChI is InChI=1S/C22H25ClN6O3/c1-31-19-4-3-14(23)11-16(19)20-18(13-29(27-20)15-5-9-32-10-6-15)26-22(30)17-12-25-28-8-2-7-24-21(17)28/h2,7-8,11,13,15,25H,3-6,9-10,12H2,1H3,(H,26,30). The smallest absolute Gasteiger partial charge is 0.256 e. The number of anilines is 1. The molecule has 0 saturated carbocycles. The molecule has 4 aliphatic rings. The van der Waals surface area contributed by atoms with Gasteiger partial charge in [-0.25, -0.2) is 10.4 Å². The number of nitrogens with zero attached hydrogens (tertiary/aromatic N) is 4. The fraction of sp³-hybridized carbons (Fsp3) is 0.409. The highest BCUT2D eigenvalue weighted by Crippen LogP contribution is 2.36. The van der Waals surface area contributed by atoms with Gasteiger partial charge < -0.3 is 14.8 Å². The highest BCUT2D eigenvalue weighted by atomic mass is 35.5. The van der Waals surface area contributed by atoms with E-state index < -0.39 is 0 Å². The molecule has 5 rings (SSSR count). The van der Waals surface area contributed by atoms with Crippen LogP contribution in [0.5, 0.6) is 0 Å². The Hall–Kier alpha value is -2.88. The highest BCUT2D eigenvalue weighted by molar-refractivity contribution is 6.30. The summed E-state index contributed by atoms with van der Waals surface area (Å²) in [5.41, 5.74) is 5.77. The van der Waals surface area contributed by atoms with Gasteiger partial charge in [-0.3, -0.25) is 14.5 Å². The number of ether oxygens (including phenoxy) is 2. The van der Waals surface area contributed by atoms with Gasteiger partial charge in [0.2, 0.25) is 0 Å². The van der Waals surface area contributed by atoms with Crippen molar-refractivity contribution in [2.24, 2.45) is 4.99 Å². The number of fused-ring (bicyclic) bond motifs is 1. The van der Waals surface area contributed by atoms with E-state index in [-0.39, 0.29) is 11.9 Å². The molecule has 1 amide bonds. The molecule has 9 nitrogen and oxygen atoms in total. The number of amides is 1. The number of aromatic nitrogens is 2. The zero-order valence-electron chi connectivity index (χ0n) is 17.8. The summed E-state index contributed by atoms with van der Waals surface area (Å²) in [6.45, 7) is 1.79. The maximum absolute atomic E-state index is 13.2. The van der Waals surface area contributed by atoms with Gasteiger partial charge in [-0.1, -0.05) is 11.6 Å². The first-order valence-corrected chi connectivity index (χ1v) is 11.1. The molecule has 1 aromatic heterocycles. The Morgan fingerprint density at radius 1 is 1.34 bits per heavy atom. The maximum Gasteiger partial charge on any atom is 0.256 e. The normalized spacial score (nSPS) is 21.2. The number of rotatable bonds is 5. The molecule has 32 heavy (non-hydrogen) atoms. The van der Waals surface area contributed by atoms with E-state index in [2.05, 4.69) is 15.7 Å². The summed E-state index contributed by atoms with van der Waals surface area (Å²) in [6, 6.07) is 0.210. The molecule has 1 saturated heterocycles. The number of allylic oxidation sites excluding steroid dienone is 5. The van der Waals surface area contributed by atoms with Crippen molar-refractivity contribution in [2.75, 3.05) is 32.2 Å². The summed E-state index contributed by atoms with van der Waals surface area (Å²) in [7, 11) is 1.65. The Balaban J connectivity index is 1.51. The van der Waals surface area contributed by atoms with Crippen LogP contribution in [0.25, 0.3) is 5.57 Å². The third-order valence-electron chi connectivity index (χ3n) is 5.96. The molecular formula is C22H25ClN6O3. The van der Waals surface area contributed by atoms with Gasteiger partial charge >= 0.3 is 0 Å². The molecule has 0 aromatic carbocycles. The number of carbonyl (C=O) groups excluding carboxylic acids is 1. The predicted molar refractivity (Wildman–Crippen MR) is 122 cm³/mol. The minimum Gasteiger partial charge on any atom is -0.500 e. The Bertz CT molecular complexity index is 1080. The van der Waals surface area contributed by atoms with Gasteiger partial charge in [0.1, 0.15) is 11.5 Å². The van der Waals surface area contributed by atoms with E-state index in [0.29, 0.717) is 49.0 Å². The van der Waals surface area contributed by atoms with Crippen molar-refractivity contribution in [3.05, 3.63) is 52.4 Å². The quantitative estimate of drug-likeness (QED) is 0.707. The van der Waals surface area contributed by atoms with Crippen molar-refractivity contribution in [3.63, 3.8) is 0 Å². The average molecular weight is 457 g/mol. The molecule has 1 aromatic rings. The third-order valence-corrected chi connectivity index (χ3v) is 6.25. The zero-order chi connectivity index (χ0) is 22.1. The summed E-state index contributed by atoms with van der Waals surface area (Å²) in [5, 5.41) is 10.4. The fourth-order valence-corrected chi connectivity index (χ4v) is 4.46. The molecule has 0 spiro atoms. The number of nitrogens with one attached hydrogen (secondary N) is 2. The molecule has 0 atom stereocenters. The SMILES string of the molecule is COC1=C(c2nn(C3CCOCC3)cc2NC(=O)C2=C3N=CC=CN3NC2)C=C(Cl)CC1. The molecule has 10 heteroatoms. The van der Waals surface area contributed by atoms with Crippen molar-refractivity contribution >= 4 is 35.0 Å². The van der Waals surface area contributed by atoms with E-state index in [0.717, 1.165) is 35.6 Å². The molecule has 0 radical (unpaired) electrons. The van der Waals surface area contributed by atoms with Crippen molar-refractivity contribution in [2.45, 2.75) is 31.7 Å². The van der Waals surface area contributed by atoms with Crippen molar-refractivity contribution in [1.82, 2.24) is 20.2 Å². The lowest BCUT2D eigenvalue weighted by Gasteiger charge is -2.22. The minimum absolute atomic E-state index is 0.210. The van der Waals surface area contributed by atoms with Crippen molar-refractivity contribution in [3.8, 4) is 0 Å². The number of aliphatic imine (C=N–C) groups is 1. The van der Waals surface area contributed by atoms with Gasteiger partial charge in [-0.2, -0.15) is 5.10 Å². The van der Waals surface area contributed by atoms with E-state index >= 15 is 0 Å². The minimum atomic E-state index is -0.222. The molecule has 1 fully saturated rings. The lowest BCUT2D eigenvalue weighted by Crippen LogP contribution is -2.27. The van der Waals surface area contributed by atoms with E-state index in [1.54, 1.807) is 18.3 Å². The van der Waals surface area contributed by atoms with Gasteiger partial charge in [0.25, 0.3) is 5.91 Å². The summed E-state index contributed by atoms with van der Waals surface area (Å²) >= 11 is 6.37. The summed E-state index contributed by atoms with van der Waals surface area (Å²) in [4.78, 5) is 17.6. The molecule has 0 bridgehead atoms. The monoisotopic (exact) mass is 456 g/mol. The van der Waals surface area contributed by atoms with Crippen LogP contribution in [0.2, 0.25) is 0 Å². The van der Waals surface area contributed by atoms with E-state index in [1.165, 1.54) is 0 Å². The fourth-order valence-electron chi connectivity index (χ4n) is 4.25. The van der Waals surface area contributed by atoms with Crippen LogP contribution < -0.4 is 10.7 Å². The average Bonchev–Trinajstić information content (AvgIpc) is 3.44. The van der Waals surface area contributed by atoms with Crippen LogP contribution in [0.15, 0.2) is 51.7 Å². The molecule has 1 aliphatic carbocycles. The summed E-state index contributed by atoms with van der Waals surface area (Å²) < 4.78 is 13.1. The van der Waals surface area contributed by atoms with Crippen LogP contribution in [0, 0.1) is 0 Å². The second-order valence-electron chi connectivity index (χ2n) is 7.93. The highest BCUT2D eigenvalue weighted by Gasteiger charge is 2.29. The Labute approximate surface area is 191 Å². The Morgan fingerprint density at radius 3 is 3.00 bits per heavy atom. The Kier molecular flexibility index (Phi) is 5.86. The number of hydrogen-bond donors (Lipinski definition) is 2. The van der Waals surface area contributed by atoms with E-state index in [9.17, 15) is 4.79 Å². The summed E-state index contributed by atoms with van der Waals surface area (Å²) in [6.07, 6.45) is 12.3. The largest absolute Gasteiger partial charge is 0.500 e. The molecule has 4 heterocycles. The van der Waals surface area contributed by atoms with Gasteiger partial charge in [-0.15, -0.1) is 0 Å². The topological polar surface area (TPSA) is 93.0 Å². The molecule has 2 N–H and O–H groups in total. The molecule has 3 aliphatic heterocycles. The lowest BCUT2D eigenvalue weighted by atomic mass is 10.0. The first-order valence-electron chi connectivity index (χ1n) is 10.7. The predicted octanol–water partition coefficient (Wildman–Crippen LogP) is 3.08. The Morgan fingerprint density at radius 2 is 2.19 bits per heavy atom. The molecule has 0 unspecified atom stereocenters. The van der Waals surface area contributed by atoms with Crippen LogP contribution in [0.3, 0.4) is 0 Å². The first-order chi connectivity index (χ1) is 15.6. The molecular weight excluding hydrogens is 432 g/mol. The number of hydrogen-bond acceptors (Lipinski definition) is 7. The number of hydrazine groups is 1. The maximum atomic E-state index is 13.2. The second-order valence-corrected chi connectivity index (χ2v) is 8.41. The number of methoxy groups -OCH3 is 1. The van der Waals surface area contributed by atoms with Crippen LogP contribution in [-0.2, 0) is 14.3 Å². The third kappa shape index (κ3) is 3.99. The number of carbonyl (C=O) groups is 1. The second kappa shape index (κ2) is 8.93. The van der Waals surface area contributed by atoms with E-state index in [1.807, 2.05) is 29.2 Å².